The van der Waals surface area contributed by atoms with Crippen molar-refractivity contribution in [2.45, 2.75) is 59.3 Å². The first-order valence-corrected chi connectivity index (χ1v) is 9.95. The third kappa shape index (κ3) is 7.26. The second-order valence-electron chi connectivity index (χ2n) is 8.07. The predicted molar refractivity (Wildman–Crippen MR) is 114 cm³/mol. The molecule has 0 radical (unpaired) electrons. The van der Waals surface area contributed by atoms with E-state index in [1.54, 1.807) is 0 Å². The molecule has 0 saturated heterocycles. The van der Waals surface area contributed by atoms with Crippen molar-refractivity contribution >= 4 is 12.1 Å². The van der Waals surface area contributed by atoms with Crippen molar-refractivity contribution in [2.24, 2.45) is 0 Å². The van der Waals surface area contributed by atoms with Crippen LogP contribution in [-0.4, -0.2) is 35.2 Å². The third-order valence-corrected chi connectivity index (χ3v) is 4.39. The number of benzene rings is 2. The summed E-state index contributed by atoms with van der Waals surface area (Å²) >= 11 is 0. The molecule has 0 N–H and O–H groups in total. The Bertz CT molecular complexity index is 794. The van der Waals surface area contributed by atoms with Crippen molar-refractivity contribution in [1.82, 2.24) is 4.90 Å². The summed E-state index contributed by atoms with van der Waals surface area (Å²) in [5.74, 6) is -0.434. The van der Waals surface area contributed by atoms with E-state index in [1.807, 2.05) is 89.2 Å². The number of nitrogens with zero attached hydrogens (tertiary/aromatic N) is 1. The van der Waals surface area contributed by atoms with E-state index >= 15 is 0 Å². The van der Waals surface area contributed by atoms with E-state index in [1.165, 1.54) is 4.90 Å². The lowest BCUT2D eigenvalue weighted by molar-refractivity contribution is -0.160. The van der Waals surface area contributed by atoms with Crippen molar-refractivity contribution in [3.63, 3.8) is 0 Å². The average Bonchev–Trinajstić information content (AvgIpc) is 2.67. The molecule has 0 fully saturated rings. The standard InChI is InChI=1S/C24H31NO4/c1-6-25(23(27)28-17-20-10-8-7-9-11-20)21(22(26)29-24(3,4)5)16-19-14-12-18(2)13-15-19/h7-15,21H,6,16-17H2,1-5H3. The molecule has 2 rings (SSSR count). The maximum absolute atomic E-state index is 12.9. The van der Waals surface area contributed by atoms with Crippen LogP contribution in [0.3, 0.4) is 0 Å². The zero-order chi connectivity index (χ0) is 21.4. The quantitative estimate of drug-likeness (QED) is 0.623. The summed E-state index contributed by atoms with van der Waals surface area (Å²) in [6.07, 6.45) is -0.164. The van der Waals surface area contributed by atoms with Crippen LogP contribution in [0.1, 0.15) is 44.4 Å². The molecule has 1 amide bonds. The van der Waals surface area contributed by atoms with E-state index in [4.69, 9.17) is 9.47 Å². The van der Waals surface area contributed by atoms with Crippen LogP contribution in [0.5, 0.6) is 0 Å². The Morgan fingerprint density at radius 1 is 0.966 bits per heavy atom. The number of hydrogen-bond donors (Lipinski definition) is 0. The summed E-state index contributed by atoms with van der Waals surface area (Å²) in [7, 11) is 0. The monoisotopic (exact) mass is 397 g/mol. The maximum atomic E-state index is 12.9. The van der Waals surface area contributed by atoms with Gasteiger partial charge in [-0.25, -0.2) is 9.59 Å². The number of likely N-dealkylation sites (N-methyl/N-ethyl adjacent to an activating group) is 1. The van der Waals surface area contributed by atoms with Gasteiger partial charge >= 0.3 is 12.1 Å². The first kappa shape index (κ1) is 22.5. The highest BCUT2D eigenvalue weighted by molar-refractivity contribution is 5.82. The molecule has 0 bridgehead atoms. The SMILES string of the molecule is CCN(C(=O)OCc1ccccc1)C(Cc1ccc(C)cc1)C(=O)OC(C)(C)C. The molecule has 0 heterocycles. The zero-order valence-corrected chi connectivity index (χ0v) is 18.0. The number of rotatable bonds is 7. The van der Waals surface area contributed by atoms with Gasteiger partial charge in [-0.1, -0.05) is 60.2 Å². The number of hydrogen-bond acceptors (Lipinski definition) is 4. The lowest BCUT2D eigenvalue weighted by atomic mass is 10.0. The molecule has 0 aromatic heterocycles. The molecule has 1 unspecified atom stereocenters. The Kier molecular flexibility index (Phi) is 7.82. The van der Waals surface area contributed by atoms with Gasteiger partial charge in [-0.3, -0.25) is 4.90 Å². The Morgan fingerprint density at radius 3 is 2.14 bits per heavy atom. The average molecular weight is 398 g/mol. The number of carbonyl (C=O) groups excluding carboxylic acids is 2. The van der Waals surface area contributed by atoms with Gasteiger partial charge in [0, 0.05) is 13.0 Å². The second-order valence-corrected chi connectivity index (χ2v) is 8.07. The summed E-state index contributed by atoms with van der Waals surface area (Å²) in [5, 5.41) is 0. The lowest BCUT2D eigenvalue weighted by Gasteiger charge is -2.31. The summed E-state index contributed by atoms with van der Waals surface area (Å²) in [5.41, 5.74) is 2.35. The van der Waals surface area contributed by atoms with Gasteiger partial charge in [-0.2, -0.15) is 0 Å². The fourth-order valence-corrected chi connectivity index (χ4v) is 2.92. The van der Waals surface area contributed by atoms with E-state index in [2.05, 4.69) is 0 Å². The predicted octanol–water partition coefficient (Wildman–Crippen LogP) is 4.91. The van der Waals surface area contributed by atoms with E-state index in [0.29, 0.717) is 13.0 Å². The van der Waals surface area contributed by atoms with Crippen molar-refractivity contribution < 1.29 is 19.1 Å². The van der Waals surface area contributed by atoms with Crippen LogP contribution in [0.4, 0.5) is 4.79 Å². The molecule has 0 spiro atoms. The van der Waals surface area contributed by atoms with Gasteiger partial charge in [0.1, 0.15) is 18.2 Å². The van der Waals surface area contributed by atoms with Crippen molar-refractivity contribution in [2.75, 3.05) is 6.54 Å². The summed E-state index contributed by atoms with van der Waals surface area (Å²) in [4.78, 5) is 27.2. The van der Waals surface area contributed by atoms with Gasteiger partial charge in [0.05, 0.1) is 0 Å². The van der Waals surface area contributed by atoms with Crippen molar-refractivity contribution in [3.05, 3.63) is 71.3 Å². The van der Waals surface area contributed by atoms with E-state index in [-0.39, 0.29) is 6.61 Å². The molecule has 29 heavy (non-hydrogen) atoms. The van der Waals surface area contributed by atoms with Gasteiger partial charge in [0.2, 0.25) is 0 Å². The Balaban J connectivity index is 2.19. The Hall–Kier alpha value is -2.82. The van der Waals surface area contributed by atoms with Crippen molar-refractivity contribution in [1.29, 1.82) is 0 Å². The number of ether oxygens (including phenoxy) is 2. The van der Waals surface area contributed by atoms with Crippen LogP contribution in [0.15, 0.2) is 54.6 Å². The molecule has 5 heteroatoms. The van der Waals surface area contributed by atoms with Gasteiger partial charge in [-0.05, 0) is 45.7 Å². The number of aryl methyl sites for hydroxylation is 1. The largest absolute Gasteiger partial charge is 0.458 e. The topological polar surface area (TPSA) is 55.8 Å². The smallest absolute Gasteiger partial charge is 0.410 e. The lowest BCUT2D eigenvalue weighted by Crippen LogP contribution is -2.48. The number of amides is 1. The number of esters is 1. The molecule has 0 aliphatic heterocycles. The van der Waals surface area contributed by atoms with Crippen LogP contribution >= 0.6 is 0 Å². The molecule has 2 aromatic carbocycles. The highest BCUT2D eigenvalue weighted by atomic mass is 16.6. The second kappa shape index (κ2) is 10.1. The Morgan fingerprint density at radius 2 is 1.59 bits per heavy atom. The molecule has 0 aliphatic carbocycles. The summed E-state index contributed by atoms with van der Waals surface area (Å²) in [6, 6.07) is 16.6. The molecule has 0 saturated carbocycles. The third-order valence-electron chi connectivity index (χ3n) is 4.39. The fourth-order valence-electron chi connectivity index (χ4n) is 2.92. The van der Waals surface area contributed by atoms with Crippen molar-refractivity contribution in [3.8, 4) is 0 Å². The highest BCUT2D eigenvalue weighted by Crippen LogP contribution is 2.17. The summed E-state index contributed by atoms with van der Waals surface area (Å²) < 4.78 is 11.1. The maximum Gasteiger partial charge on any atom is 0.410 e. The van der Waals surface area contributed by atoms with Crippen LogP contribution in [0, 0.1) is 6.92 Å². The minimum Gasteiger partial charge on any atom is -0.458 e. The molecule has 0 aliphatic rings. The minimum atomic E-state index is -0.759. The molecule has 1 atom stereocenters. The fraction of sp³-hybridized carbons (Fsp3) is 0.417. The van der Waals surface area contributed by atoms with Crippen LogP contribution < -0.4 is 0 Å². The normalized spacial score (nSPS) is 12.2. The molecular formula is C24H31NO4. The molecule has 156 valence electrons. The summed E-state index contributed by atoms with van der Waals surface area (Å²) in [6.45, 7) is 9.78. The highest BCUT2D eigenvalue weighted by Gasteiger charge is 2.33. The Labute approximate surface area is 173 Å². The minimum absolute atomic E-state index is 0.155. The van der Waals surface area contributed by atoms with Gasteiger partial charge in [0.15, 0.2) is 0 Å². The van der Waals surface area contributed by atoms with E-state index < -0.39 is 23.7 Å². The van der Waals surface area contributed by atoms with Gasteiger partial charge in [0.25, 0.3) is 0 Å². The first-order valence-electron chi connectivity index (χ1n) is 9.95. The van der Waals surface area contributed by atoms with Gasteiger partial charge < -0.3 is 9.47 Å². The molecule has 5 nitrogen and oxygen atoms in total. The first-order chi connectivity index (χ1) is 13.7. The van der Waals surface area contributed by atoms with E-state index in [9.17, 15) is 9.59 Å². The van der Waals surface area contributed by atoms with Gasteiger partial charge in [-0.15, -0.1) is 0 Å². The van der Waals surface area contributed by atoms with Crippen LogP contribution in [0.25, 0.3) is 0 Å². The molecule has 2 aromatic rings. The van der Waals surface area contributed by atoms with Crippen LogP contribution in [-0.2, 0) is 27.3 Å². The number of carbonyl (C=O) groups is 2. The van der Waals surface area contributed by atoms with E-state index in [0.717, 1.165) is 16.7 Å². The zero-order valence-electron chi connectivity index (χ0n) is 18.0. The molecular weight excluding hydrogens is 366 g/mol. The van der Waals surface area contributed by atoms with Crippen LogP contribution in [0.2, 0.25) is 0 Å².